The van der Waals surface area contributed by atoms with Crippen LogP contribution in [0.1, 0.15) is 5.56 Å². The molecule has 0 unspecified atom stereocenters. The van der Waals surface area contributed by atoms with E-state index in [9.17, 15) is 0 Å². The molecule has 9 heteroatoms. The van der Waals surface area contributed by atoms with Gasteiger partial charge < -0.3 is 14.8 Å². The van der Waals surface area contributed by atoms with Crippen LogP contribution < -0.4 is 14.8 Å². The number of aromatic nitrogens is 4. The Kier molecular flexibility index (Phi) is 4.06. The summed E-state index contributed by atoms with van der Waals surface area (Å²) in [5.74, 6) is 2.84. The molecule has 4 heterocycles. The highest BCUT2D eigenvalue weighted by Crippen LogP contribution is 2.34. The second kappa shape index (κ2) is 6.71. The summed E-state index contributed by atoms with van der Waals surface area (Å²) < 4.78 is 11.9. The van der Waals surface area contributed by atoms with Gasteiger partial charge in [0, 0.05) is 12.7 Å². The molecule has 0 saturated heterocycles. The lowest BCUT2D eigenvalue weighted by atomic mass is 10.2. The summed E-state index contributed by atoms with van der Waals surface area (Å²) in [6.45, 7) is 1.73. The van der Waals surface area contributed by atoms with Gasteiger partial charge in [0.15, 0.2) is 17.3 Å². The molecule has 5 rings (SSSR count). The van der Waals surface area contributed by atoms with Crippen LogP contribution in [-0.2, 0) is 6.54 Å². The third-order valence-electron chi connectivity index (χ3n) is 4.17. The van der Waals surface area contributed by atoms with Gasteiger partial charge in [-0.25, -0.2) is 9.97 Å². The van der Waals surface area contributed by atoms with Crippen molar-refractivity contribution in [3.8, 4) is 23.0 Å². The highest BCUT2D eigenvalue weighted by molar-refractivity contribution is 7.22. The zero-order chi connectivity index (χ0) is 18.2. The average molecular weight is 400 g/mol. The molecule has 0 amide bonds. The smallest absolute Gasteiger partial charge is 0.180 e. The van der Waals surface area contributed by atoms with Crippen LogP contribution in [0.3, 0.4) is 0 Å². The van der Waals surface area contributed by atoms with Gasteiger partial charge >= 0.3 is 0 Å². The van der Waals surface area contributed by atoms with Crippen molar-refractivity contribution in [2.45, 2.75) is 6.54 Å². The normalized spacial score (nSPS) is 13.1. The Morgan fingerprint density at radius 1 is 1.11 bits per heavy atom. The van der Waals surface area contributed by atoms with Crippen LogP contribution in [0.5, 0.6) is 11.5 Å². The van der Waals surface area contributed by atoms with Gasteiger partial charge in [0.1, 0.15) is 29.6 Å². The van der Waals surface area contributed by atoms with Gasteiger partial charge in [0.25, 0.3) is 0 Å². The van der Waals surface area contributed by atoms with E-state index in [1.165, 1.54) is 11.3 Å². The molecule has 0 spiro atoms. The molecule has 0 saturated carbocycles. The summed E-state index contributed by atoms with van der Waals surface area (Å²) in [5.41, 5.74) is 1.82. The fourth-order valence-corrected chi connectivity index (χ4v) is 4.00. The average Bonchev–Trinajstić information content (AvgIpc) is 3.34. The maximum atomic E-state index is 6.20. The molecule has 0 atom stereocenters. The van der Waals surface area contributed by atoms with Crippen molar-refractivity contribution < 1.29 is 9.47 Å². The van der Waals surface area contributed by atoms with Gasteiger partial charge in [-0.05, 0) is 29.8 Å². The number of H-pyrrole nitrogens is 1. The number of hydrogen-bond donors (Lipinski definition) is 2. The van der Waals surface area contributed by atoms with E-state index in [4.69, 9.17) is 21.1 Å². The highest BCUT2D eigenvalue weighted by atomic mass is 35.5. The maximum Gasteiger partial charge on any atom is 0.180 e. The maximum absolute atomic E-state index is 6.20. The van der Waals surface area contributed by atoms with Crippen molar-refractivity contribution in [3.63, 3.8) is 0 Å². The third kappa shape index (κ3) is 3.17. The summed E-state index contributed by atoms with van der Waals surface area (Å²) in [4.78, 5) is 10.1. The standard InChI is InChI=1S/C18H14ClN5O2S/c19-15-8-11-16(22-17(23-18(11)27-15)12-3-4-21-24-12)20-9-10-1-2-13-14(7-10)26-6-5-25-13/h1-4,7-8H,5-6,9H2,(H,21,24)(H,20,22,23). The van der Waals surface area contributed by atoms with E-state index in [0.29, 0.717) is 29.9 Å². The molecule has 136 valence electrons. The third-order valence-corrected chi connectivity index (χ3v) is 5.33. The van der Waals surface area contributed by atoms with E-state index in [-0.39, 0.29) is 0 Å². The van der Waals surface area contributed by atoms with Gasteiger partial charge in [0.2, 0.25) is 0 Å². The monoisotopic (exact) mass is 399 g/mol. The lowest BCUT2D eigenvalue weighted by Crippen LogP contribution is -2.15. The SMILES string of the molecule is Clc1cc2c(NCc3ccc4c(c3)OCCO4)nc(-c3ccn[nH]3)nc2s1. The fraction of sp³-hybridized carbons (Fsp3) is 0.167. The van der Waals surface area contributed by atoms with Crippen LogP contribution in [0.15, 0.2) is 36.5 Å². The second-order valence-corrected chi connectivity index (χ2v) is 7.63. The number of halogens is 1. The highest BCUT2D eigenvalue weighted by Gasteiger charge is 2.15. The van der Waals surface area contributed by atoms with Crippen molar-refractivity contribution in [3.05, 3.63) is 46.4 Å². The molecule has 0 aliphatic carbocycles. The number of hydrogen-bond acceptors (Lipinski definition) is 7. The summed E-state index contributed by atoms with van der Waals surface area (Å²) in [6, 6.07) is 9.63. The molecule has 27 heavy (non-hydrogen) atoms. The van der Waals surface area contributed by atoms with Gasteiger partial charge in [-0.3, -0.25) is 5.10 Å². The molecule has 7 nitrogen and oxygen atoms in total. The van der Waals surface area contributed by atoms with Gasteiger partial charge in [0.05, 0.1) is 9.72 Å². The number of thiophene rings is 1. The van der Waals surface area contributed by atoms with E-state index in [1.807, 2.05) is 30.3 Å². The minimum Gasteiger partial charge on any atom is -0.486 e. The largest absolute Gasteiger partial charge is 0.486 e. The number of anilines is 1. The van der Waals surface area contributed by atoms with Gasteiger partial charge in [-0.1, -0.05) is 17.7 Å². The van der Waals surface area contributed by atoms with Crippen LogP contribution in [0.25, 0.3) is 21.7 Å². The minimum atomic E-state index is 0.567. The number of ether oxygens (including phenoxy) is 2. The van der Waals surface area contributed by atoms with Crippen LogP contribution in [-0.4, -0.2) is 33.4 Å². The Morgan fingerprint density at radius 2 is 2.00 bits per heavy atom. The Morgan fingerprint density at radius 3 is 2.85 bits per heavy atom. The summed E-state index contributed by atoms with van der Waals surface area (Å²) in [5, 5.41) is 11.2. The zero-order valence-electron chi connectivity index (χ0n) is 14.0. The predicted octanol–water partition coefficient (Wildman–Crippen LogP) is 4.12. The first-order valence-electron chi connectivity index (χ1n) is 8.35. The molecule has 2 N–H and O–H groups in total. The first-order chi connectivity index (χ1) is 13.3. The van der Waals surface area contributed by atoms with Crippen molar-refractivity contribution >= 4 is 39.0 Å². The van der Waals surface area contributed by atoms with E-state index < -0.39 is 0 Å². The fourth-order valence-electron chi connectivity index (χ4n) is 2.91. The van der Waals surface area contributed by atoms with Crippen LogP contribution in [0.2, 0.25) is 4.34 Å². The van der Waals surface area contributed by atoms with Crippen molar-refractivity contribution in [1.29, 1.82) is 0 Å². The van der Waals surface area contributed by atoms with Crippen LogP contribution >= 0.6 is 22.9 Å². The van der Waals surface area contributed by atoms with Crippen molar-refractivity contribution in [2.24, 2.45) is 0 Å². The molecular formula is C18H14ClN5O2S. The second-order valence-electron chi connectivity index (χ2n) is 5.97. The number of rotatable bonds is 4. The molecule has 0 bridgehead atoms. The Labute approximate surface area is 163 Å². The van der Waals surface area contributed by atoms with E-state index in [0.717, 1.165) is 38.8 Å². The Bertz CT molecular complexity index is 1110. The van der Waals surface area contributed by atoms with E-state index in [2.05, 4.69) is 25.5 Å². The molecule has 1 aliphatic rings. The Balaban J connectivity index is 1.47. The summed E-state index contributed by atoms with van der Waals surface area (Å²) in [7, 11) is 0. The molecule has 0 radical (unpaired) electrons. The molecule has 4 aromatic rings. The van der Waals surface area contributed by atoms with Gasteiger partial charge in [-0.15, -0.1) is 11.3 Å². The summed E-state index contributed by atoms with van der Waals surface area (Å²) >= 11 is 7.62. The number of aromatic amines is 1. The topological polar surface area (TPSA) is 85.0 Å². The lowest BCUT2D eigenvalue weighted by molar-refractivity contribution is 0.171. The first-order valence-corrected chi connectivity index (χ1v) is 9.55. The molecule has 1 aromatic carbocycles. The molecular weight excluding hydrogens is 386 g/mol. The zero-order valence-corrected chi connectivity index (χ0v) is 15.6. The molecule has 3 aromatic heterocycles. The van der Waals surface area contributed by atoms with Crippen LogP contribution in [0.4, 0.5) is 5.82 Å². The Hall–Kier alpha value is -2.84. The molecule has 1 aliphatic heterocycles. The van der Waals surface area contributed by atoms with Gasteiger partial charge in [-0.2, -0.15) is 5.10 Å². The van der Waals surface area contributed by atoms with Crippen molar-refractivity contribution in [1.82, 2.24) is 20.2 Å². The molecule has 0 fully saturated rings. The first kappa shape index (κ1) is 16.3. The summed E-state index contributed by atoms with van der Waals surface area (Å²) in [6.07, 6.45) is 1.67. The minimum absolute atomic E-state index is 0.567. The number of nitrogens with one attached hydrogen (secondary N) is 2. The number of nitrogens with zero attached hydrogens (tertiary/aromatic N) is 3. The van der Waals surface area contributed by atoms with E-state index in [1.54, 1.807) is 6.20 Å². The van der Waals surface area contributed by atoms with Crippen molar-refractivity contribution in [2.75, 3.05) is 18.5 Å². The lowest BCUT2D eigenvalue weighted by Gasteiger charge is -2.19. The number of benzene rings is 1. The quantitative estimate of drug-likeness (QED) is 0.537. The number of fused-ring (bicyclic) bond motifs is 2. The predicted molar refractivity (Wildman–Crippen MR) is 105 cm³/mol. The van der Waals surface area contributed by atoms with E-state index >= 15 is 0 Å². The van der Waals surface area contributed by atoms with Crippen LogP contribution in [0, 0.1) is 0 Å².